The Kier molecular flexibility index (Phi) is 4.29. The molecule has 1 N–H and O–H groups in total. The number of nitrogens with zero attached hydrogens (tertiary/aromatic N) is 2. The van der Waals surface area contributed by atoms with Crippen molar-refractivity contribution < 1.29 is 9.53 Å². The van der Waals surface area contributed by atoms with Gasteiger partial charge in [-0.2, -0.15) is 0 Å². The number of nitrogens with one attached hydrogen (secondary N) is 1. The summed E-state index contributed by atoms with van der Waals surface area (Å²) in [5, 5.41) is 3.39. The SMILES string of the molecule is CCNC1COCC1C(=O)N1CC2CCCN2CC1C. The maximum absolute atomic E-state index is 12.9. The Hall–Kier alpha value is -0.650. The van der Waals surface area contributed by atoms with Crippen LogP contribution in [0.5, 0.6) is 0 Å². The van der Waals surface area contributed by atoms with Gasteiger partial charge in [0.05, 0.1) is 19.1 Å². The fourth-order valence-corrected chi connectivity index (χ4v) is 3.97. The van der Waals surface area contributed by atoms with Gasteiger partial charge in [0, 0.05) is 31.2 Å². The van der Waals surface area contributed by atoms with Crippen LogP contribution in [0.1, 0.15) is 26.7 Å². The molecule has 3 aliphatic rings. The van der Waals surface area contributed by atoms with Gasteiger partial charge in [0.15, 0.2) is 0 Å². The summed E-state index contributed by atoms with van der Waals surface area (Å²) in [6.07, 6.45) is 2.53. The first-order valence-electron chi connectivity index (χ1n) is 8.06. The van der Waals surface area contributed by atoms with E-state index >= 15 is 0 Å². The van der Waals surface area contributed by atoms with Gasteiger partial charge >= 0.3 is 0 Å². The standard InChI is InChI=1S/C15H27N3O2/c1-3-16-14-10-20-9-13(14)15(19)18-8-12-5-4-6-17(12)7-11(18)2/h11-14,16H,3-10H2,1-2H3. The molecule has 3 fully saturated rings. The molecule has 0 radical (unpaired) electrons. The van der Waals surface area contributed by atoms with Crippen LogP contribution in [0.2, 0.25) is 0 Å². The van der Waals surface area contributed by atoms with Gasteiger partial charge in [-0.15, -0.1) is 0 Å². The number of fused-ring (bicyclic) bond motifs is 1. The number of piperazine rings is 1. The normalized spacial score (nSPS) is 38.2. The summed E-state index contributed by atoms with van der Waals surface area (Å²) in [5.41, 5.74) is 0. The van der Waals surface area contributed by atoms with Crippen molar-refractivity contribution in [2.75, 3.05) is 39.4 Å². The Morgan fingerprint density at radius 1 is 1.35 bits per heavy atom. The van der Waals surface area contributed by atoms with E-state index in [2.05, 4.69) is 29.0 Å². The van der Waals surface area contributed by atoms with Gasteiger partial charge in [-0.25, -0.2) is 0 Å². The molecular formula is C15H27N3O2. The Bertz CT molecular complexity index is 363. The van der Waals surface area contributed by atoms with Crippen LogP contribution < -0.4 is 5.32 Å². The Morgan fingerprint density at radius 3 is 3.00 bits per heavy atom. The minimum Gasteiger partial charge on any atom is -0.379 e. The molecule has 3 rings (SSSR count). The zero-order chi connectivity index (χ0) is 14.1. The van der Waals surface area contributed by atoms with E-state index in [4.69, 9.17) is 4.74 Å². The molecule has 1 amide bonds. The monoisotopic (exact) mass is 281 g/mol. The van der Waals surface area contributed by atoms with Crippen molar-refractivity contribution in [2.24, 2.45) is 5.92 Å². The summed E-state index contributed by atoms with van der Waals surface area (Å²) < 4.78 is 5.54. The van der Waals surface area contributed by atoms with E-state index < -0.39 is 0 Å². The van der Waals surface area contributed by atoms with Gasteiger partial charge in [0.25, 0.3) is 0 Å². The van der Waals surface area contributed by atoms with Crippen LogP contribution in [0.3, 0.4) is 0 Å². The molecule has 0 saturated carbocycles. The fraction of sp³-hybridized carbons (Fsp3) is 0.933. The topological polar surface area (TPSA) is 44.8 Å². The zero-order valence-corrected chi connectivity index (χ0v) is 12.7. The van der Waals surface area contributed by atoms with Crippen molar-refractivity contribution in [3.63, 3.8) is 0 Å². The molecule has 0 aliphatic carbocycles. The van der Waals surface area contributed by atoms with E-state index in [1.165, 1.54) is 19.4 Å². The molecule has 20 heavy (non-hydrogen) atoms. The van der Waals surface area contributed by atoms with E-state index in [1.54, 1.807) is 0 Å². The number of hydrogen-bond donors (Lipinski definition) is 1. The molecule has 5 heteroatoms. The number of ether oxygens (including phenoxy) is 1. The fourth-order valence-electron chi connectivity index (χ4n) is 3.97. The molecule has 0 bridgehead atoms. The highest BCUT2D eigenvalue weighted by Crippen LogP contribution is 2.27. The summed E-state index contributed by atoms with van der Waals surface area (Å²) >= 11 is 0. The van der Waals surface area contributed by atoms with Crippen LogP contribution in [0.15, 0.2) is 0 Å². The van der Waals surface area contributed by atoms with Crippen LogP contribution in [-0.2, 0) is 9.53 Å². The number of carbonyl (C=O) groups is 1. The second-order valence-electron chi connectivity index (χ2n) is 6.44. The summed E-state index contributed by atoms with van der Waals surface area (Å²) in [6, 6.07) is 1.12. The first kappa shape index (κ1) is 14.3. The van der Waals surface area contributed by atoms with Gasteiger partial charge in [-0.05, 0) is 32.9 Å². The average Bonchev–Trinajstić information content (AvgIpc) is 3.06. The van der Waals surface area contributed by atoms with Crippen molar-refractivity contribution in [1.82, 2.24) is 15.1 Å². The summed E-state index contributed by atoms with van der Waals surface area (Å²) in [6.45, 7) is 9.57. The number of amides is 1. The smallest absolute Gasteiger partial charge is 0.230 e. The summed E-state index contributed by atoms with van der Waals surface area (Å²) in [4.78, 5) is 17.6. The maximum atomic E-state index is 12.9. The number of hydrogen-bond acceptors (Lipinski definition) is 4. The lowest BCUT2D eigenvalue weighted by molar-refractivity contribution is -0.141. The van der Waals surface area contributed by atoms with Crippen molar-refractivity contribution in [2.45, 2.75) is 44.8 Å². The van der Waals surface area contributed by atoms with Gasteiger partial charge in [0.2, 0.25) is 5.91 Å². The van der Waals surface area contributed by atoms with E-state index in [0.29, 0.717) is 31.2 Å². The van der Waals surface area contributed by atoms with Crippen molar-refractivity contribution in [3.05, 3.63) is 0 Å². The van der Waals surface area contributed by atoms with E-state index in [1.807, 2.05) is 0 Å². The third-order valence-electron chi connectivity index (χ3n) is 5.08. The Morgan fingerprint density at radius 2 is 2.20 bits per heavy atom. The third kappa shape index (κ3) is 2.59. The van der Waals surface area contributed by atoms with Crippen LogP contribution in [-0.4, -0.2) is 73.2 Å². The van der Waals surface area contributed by atoms with Crippen LogP contribution in [0.25, 0.3) is 0 Å². The van der Waals surface area contributed by atoms with Crippen molar-refractivity contribution in [1.29, 1.82) is 0 Å². The summed E-state index contributed by atoms with van der Waals surface area (Å²) in [5.74, 6) is 0.304. The predicted octanol–water partition coefficient (Wildman–Crippen LogP) is 0.306. The van der Waals surface area contributed by atoms with Gasteiger partial charge < -0.3 is 15.0 Å². The minimum atomic E-state index is 0.00496. The maximum Gasteiger partial charge on any atom is 0.230 e. The highest BCUT2D eigenvalue weighted by Gasteiger charge is 2.42. The lowest BCUT2D eigenvalue weighted by atomic mass is 9.99. The largest absolute Gasteiger partial charge is 0.379 e. The van der Waals surface area contributed by atoms with Crippen LogP contribution in [0, 0.1) is 5.92 Å². The molecule has 0 spiro atoms. The lowest BCUT2D eigenvalue weighted by Gasteiger charge is -2.43. The van der Waals surface area contributed by atoms with Crippen molar-refractivity contribution in [3.8, 4) is 0 Å². The molecule has 0 aromatic heterocycles. The van der Waals surface area contributed by atoms with E-state index in [9.17, 15) is 4.79 Å². The second kappa shape index (κ2) is 6.00. The quantitative estimate of drug-likeness (QED) is 0.808. The molecule has 0 aromatic carbocycles. The number of rotatable bonds is 3. The molecule has 3 heterocycles. The van der Waals surface area contributed by atoms with Gasteiger partial charge in [-0.1, -0.05) is 6.92 Å². The average molecular weight is 281 g/mol. The molecular weight excluding hydrogens is 254 g/mol. The Labute approximate surface area is 121 Å². The molecule has 5 nitrogen and oxygen atoms in total. The third-order valence-corrected chi connectivity index (χ3v) is 5.08. The molecule has 4 unspecified atom stereocenters. The zero-order valence-electron chi connectivity index (χ0n) is 12.7. The second-order valence-corrected chi connectivity index (χ2v) is 6.44. The molecule has 114 valence electrons. The number of carbonyl (C=O) groups excluding carboxylic acids is 1. The van der Waals surface area contributed by atoms with Gasteiger partial charge in [0.1, 0.15) is 0 Å². The first-order valence-corrected chi connectivity index (χ1v) is 8.06. The van der Waals surface area contributed by atoms with Gasteiger partial charge in [-0.3, -0.25) is 9.69 Å². The van der Waals surface area contributed by atoms with Crippen molar-refractivity contribution >= 4 is 5.91 Å². The number of likely N-dealkylation sites (N-methyl/N-ethyl adjacent to an activating group) is 1. The molecule has 3 aliphatic heterocycles. The lowest BCUT2D eigenvalue weighted by Crippen LogP contribution is -2.59. The first-order chi connectivity index (χ1) is 9.70. The molecule has 3 saturated heterocycles. The Balaban J connectivity index is 1.66. The van der Waals surface area contributed by atoms with E-state index in [-0.39, 0.29) is 12.0 Å². The van der Waals surface area contributed by atoms with E-state index in [0.717, 1.165) is 19.6 Å². The highest BCUT2D eigenvalue weighted by atomic mass is 16.5. The highest BCUT2D eigenvalue weighted by molar-refractivity contribution is 5.80. The van der Waals surface area contributed by atoms with Crippen LogP contribution >= 0.6 is 0 Å². The predicted molar refractivity (Wildman–Crippen MR) is 77.5 cm³/mol. The molecule has 4 atom stereocenters. The minimum absolute atomic E-state index is 0.00496. The summed E-state index contributed by atoms with van der Waals surface area (Å²) in [7, 11) is 0. The molecule has 0 aromatic rings. The van der Waals surface area contributed by atoms with Crippen LogP contribution in [0.4, 0.5) is 0 Å².